The molecule has 0 radical (unpaired) electrons. The summed E-state index contributed by atoms with van der Waals surface area (Å²) in [4.78, 5) is 38.4. The van der Waals surface area contributed by atoms with Crippen molar-refractivity contribution < 1.29 is 37.0 Å². The summed E-state index contributed by atoms with van der Waals surface area (Å²) in [6, 6.07) is 1.69. The van der Waals surface area contributed by atoms with Gasteiger partial charge in [0.05, 0.1) is 12.2 Å². The van der Waals surface area contributed by atoms with E-state index in [2.05, 4.69) is 10.1 Å². The van der Waals surface area contributed by atoms with Gasteiger partial charge in [-0.05, 0) is 32.3 Å². The Morgan fingerprint density at radius 3 is 2.41 bits per heavy atom. The number of aryl methyl sites for hydroxylation is 1. The Bertz CT molecular complexity index is 742. The molecule has 1 aromatic heterocycles. The molecule has 1 fully saturated rings. The first-order valence-electron chi connectivity index (χ1n) is 9.23. The van der Waals surface area contributed by atoms with Gasteiger partial charge in [0.25, 0.3) is 0 Å². The summed E-state index contributed by atoms with van der Waals surface area (Å²) >= 11 is 1.30. The number of alkyl halides is 3. The number of halogens is 3. The van der Waals surface area contributed by atoms with Crippen molar-refractivity contribution in [3.8, 4) is 0 Å². The van der Waals surface area contributed by atoms with Crippen LogP contribution in [0.1, 0.15) is 41.9 Å². The molecule has 2 heterocycles. The van der Waals surface area contributed by atoms with Gasteiger partial charge in [-0.25, -0.2) is 9.59 Å². The van der Waals surface area contributed by atoms with E-state index in [1.54, 1.807) is 13.0 Å². The largest absolute Gasteiger partial charge is 0.462 e. The second-order valence-corrected chi connectivity index (χ2v) is 7.59. The van der Waals surface area contributed by atoms with Crippen molar-refractivity contribution in [3.05, 3.63) is 16.5 Å². The highest BCUT2D eigenvalue weighted by Gasteiger charge is 2.33. The number of hydrogen-bond acceptors (Lipinski definition) is 6. The van der Waals surface area contributed by atoms with Crippen LogP contribution in [0.25, 0.3) is 0 Å². The van der Waals surface area contributed by atoms with Crippen LogP contribution in [-0.2, 0) is 20.7 Å². The number of carbonyl (C=O) groups excluding carboxylic acids is 3. The minimum absolute atomic E-state index is 0.115. The number of piperidine rings is 1. The summed E-state index contributed by atoms with van der Waals surface area (Å²) in [5.41, 5.74) is 0.301. The molecule has 0 bridgehead atoms. The molecule has 1 aliphatic rings. The maximum absolute atomic E-state index is 12.6. The number of thiophene rings is 1. The highest BCUT2D eigenvalue weighted by atomic mass is 32.1. The number of carbonyl (C=O) groups is 3. The van der Waals surface area contributed by atoms with E-state index in [0.29, 0.717) is 17.0 Å². The number of amides is 2. The minimum atomic E-state index is -4.58. The van der Waals surface area contributed by atoms with Crippen molar-refractivity contribution in [1.82, 2.24) is 4.90 Å². The number of esters is 1. The summed E-state index contributed by atoms with van der Waals surface area (Å²) < 4.78 is 45.7. The molecule has 0 aliphatic carbocycles. The van der Waals surface area contributed by atoms with Crippen LogP contribution in [0.3, 0.4) is 0 Å². The van der Waals surface area contributed by atoms with Gasteiger partial charge in [-0.15, -0.1) is 11.3 Å². The van der Waals surface area contributed by atoms with Crippen LogP contribution in [-0.4, -0.2) is 55.3 Å². The molecule has 2 rings (SSSR count). The second kappa shape index (κ2) is 9.95. The molecule has 0 saturated carbocycles. The smallest absolute Gasteiger partial charge is 0.422 e. The number of anilines is 1. The number of nitrogens with one attached hydrogen (secondary N) is 1. The van der Waals surface area contributed by atoms with Crippen LogP contribution in [0, 0.1) is 5.92 Å². The first-order valence-corrected chi connectivity index (χ1v) is 10.0. The topological polar surface area (TPSA) is 84.9 Å². The molecule has 1 aliphatic heterocycles. The monoisotopic (exact) mass is 436 g/mol. The number of rotatable bonds is 6. The zero-order valence-electron chi connectivity index (χ0n) is 16.1. The molecule has 11 heteroatoms. The van der Waals surface area contributed by atoms with E-state index in [-0.39, 0.29) is 38.4 Å². The van der Waals surface area contributed by atoms with Gasteiger partial charge < -0.3 is 19.7 Å². The molecular weight excluding hydrogens is 413 g/mol. The van der Waals surface area contributed by atoms with Crippen LogP contribution < -0.4 is 5.32 Å². The van der Waals surface area contributed by atoms with Crippen LogP contribution in [0.4, 0.5) is 23.0 Å². The first kappa shape index (κ1) is 23.0. The van der Waals surface area contributed by atoms with E-state index in [0.717, 1.165) is 9.78 Å². The molecule has 1 saturated heterocycles. The molecule has 1 N–H and O–H groups in total. The Labute approximate surface area is 170 Å². The maximum Gasteiger partial charge on any atom is 0.422 e. The van der Waals surface area contributed by atoms with Crippen molar-refractivity contribution in [2.45, 2.75) is 39.3 Å². The van der Waals surface area contributed by atoms with Crippen molar-refractivity contribution in [3.63, 3.8) is 0 Å². The van der Waals surface area contributed by atoms with Crippen LogP contribution in [0.2, 0.25) is 0 Å². The third-order valence-electron chi connectivity index (χ3n) is 4.35. The van der Waals surface area contributed by atoms with Gasteiger partial charge in [-0.1, -0.05) is 6.92 Å². The number of likely N-dealkylation sites (tertiary alicyclic amines) is 1. The van der Waals surface area contributed by atoms with Crippen molar-refractivity contribution in [2.75, 3.05) is 31.6 Å². The SMILES string of the molecule is CCOC(=O)c1cc(CC)sc1NC(=O)C1CCN(C(=O)OCC(F)(F)F)CC1. The Morgan fingerprint density at radius 2 is 1.86 bits per heavy atom. The van der Waals surface area contributed by atoms with E-state index in [1.165, 1.54) is 11.3 Å². The zero-order chi connectivity index (χ0) is 21.6. The van der Waals surface area contributed by atoms with Gasteiger partial charge in [0, 0.05) is 23.9 Å². The molecule has 29 heavy (non-hydrogen) atoms. The van der Waals surface area contributed by atoms with Gasteiger partial charge in [-0.2, -0.15) is 13.2 Å². The molecule has 1 aromatic rings. The van der Waals surface area contributed by atoms with Crippen molar-refractivity contribution in [1.29, 1.82) is 0 Å². The summed E-state index contributed by atoms with van der Waals surface area (Å²) in [5.74, 6) is -1.24. The van der Waals surface area contributed by atoms with E-state index in [9.17, 15) is 27.6 Å². The minimum Gasteiger partial charge on any atom is -0.462 e. The summed E-state index contributed by atoms with van der Waals surface area (Å²) in [7, 11) is 0. The molecule has 0 spiro atoms. The predicted molar refractivity (Wildman–Crippen MR) is 100.0 cm³/mol. The molecule has 0 unspecified atom stereocenters. The Hall–Kier alpha value is -2.30. The first-order chi connectivity index (χ1) is 13.6. The molecule has 2 amide bonds. The van der Waals surface area contributed by atoms with Gasteiger partial charge in [0.2, 0.25) is 5.91 Å². The second-order valence-electron chi connectivity index (χ2n) is 6.45. The van der Waals surface area contributed by atoms with Gasteiger partial charge in [0.1, 0.15) is 5.00 Å². The average molecular weight is 436 g/mol. The molecule has 0 atom stereocenters. The lowest BCUT2D eigenvalue weighted by atomic mass is 9.96. The Kier molecular flexibility index (Phi) is 7.88. The van der Waals surface area contributed by atoms with Crippen LogP contribution >= 0.6 is 11.3 Å². The molecule has 0 aromatic carbocycles. The lowest BCUT2D eigenvalue weighted by Crippen LogP contribution is -2.42. The number of hydrogen-bond donors (Lipinski definition) is 1. The standard InChI is InChI=1S/C18H23F3N2O5S/c1-3-12-9-13(16(25)27-4-2)15(29-12)22-14(24)11-5-7-23(8-6-11)17(26)28-10-18(19,20)21/h9,11H,3-8,10H2,1-2H3,(H,22,24). The quantitative estimate of drug-likeness (QED) is 0.685. The molecule has 162 valence electrons. The van der Waals surface area contributed by atoms with E-state index >= 15 is 0 Å². The number of ether oxygens (including phenoxy) is 2. The van der Waals surface area contributed by atoms with Gasteiger partial charge in [-0.3, -0.25) is 4.79 Å². The van der Waals surface area contributed by atoms with Crippen molar-refractivity contribution in [2.24, 2.45) is 5.92 Å². The lowest BCUT2D eigenvalue weighted by Gasteiger charge is -2.30. The van der Waals surface area contributed by atoms with Gasteiger partial charge >= 0.3 is 18.2 Å². The fourth-order valence-corrected chi connectivity index (χ4v) is 3.83. The van der Waals surface area contributed by atoms with E-state index in [4.69, 9.17) is 4.74 Å². The summed E-state index contributed by atoms with van der Waals surface area (Å²) in [6.07, 6.45) is -4.35. The summed E-state index contributed by atoms with van der Waals surface area (Å²) in [6.45, 7) is 2.43. The molecule has 7 nitrogen and oxygen atoms in total. The lowest BCUT2D eigenvalue weighted by molar-refractivity contribution is -0.162. The van der Waals surface area contributed by atoms with Crippen LogP contribution in [0.15, 0.2) is 6.07 Å². The zero-order valence-corrected chi connectivity index (χ0v) is 17.0. The van der Waals surface area contributed by atoms with Gasteiger partial charge in [0.15, 0.2) is 6.61 Å². The van der Waals surface area contributed by atoms with Crippen molar-refractivity contribution >= 4 is 34.3 Å². The third-order valence-corrected chi connectivity index (χ3v) is 5.54. The summed E-state index contributed by atoms with van der Waals surface area (Å²) in [5, 5.41) is 3.17. The Balaban J connectivity index is 1.92. The average Bonchev–Trinajstić information content (AvgIpc) is 3.09. The fraction of sp³-hybridized carbons (Fsp3) is 0.611. The molecular formula is C18H23F3N2O5S. The predicted octanol–water partition coefficient (Wildman–Crippen LogP) is 3.84. The Morgan fingerprint density at radius 1 is 1.21 bits per heavy atom. The van der Waals surface area contributed by atoms with Crippen LogP contribution in [0.5, 0.6) is 0 Å². The van der Waals surface area contributed by atoms with E-state index < -0.39 is 30.8 Å². The highest BCUT2D eigenvalue weighted by Crippen LogP contribution is 2.31. The fourth-order valence-electron chi connectivity index (χ4n) is 2.84. The highest BCUT2D eigenvalue weighted by molar-refractivity contribution is 7.16. The number of nitrogens with zero attached hydrogens (tertiary/aromatic N) is 1. The normalized spacial score (nSPS) is 15.1. The maximum atomic E-state index is 12.6. The van der Waals surface area contributed by atoms with E-state index in [1.807, 2.05) is 6.92 Å². The third kappa shape index (κ3) is 6.62.